The monoisotopic (exact) mass is 406 g/mol. The molecule has 0 saturated carbocycles. The van der Waals surface area contributed by atoms with Crippen LogP contribution in [0.3, 0.4) is 0 Å². The number of rotatable bonds is 3. The molecule has 9 nitrogen and oxygen atoms in total. The lowest BCUT2D eigenvalue weighted by molar-refractivity contribution is -0.134. The van der Waals surface area contributed by atoms with Crippen molar-refractivity contribution in [2.75, 3.05) is 12.3 Å². The third kappa shape index (κ3) is 3.49. The zero-order chi connectivity index (χ0) is 19.9. The van der Waals surface area contributed by atoms with Crippen molar-refractivity contribution < 1.29 is 31.9 Å². The van der Waals surface area contributed by atoms with E-state index < -0.39 is 55.0 Å². The largest absolute Gasteiger partial charge is 0.391 e. The van der Waals surface area contributed by atoms with Crippen molar-refractivity contribution in [3.63, 3.8) is 0 Å². The Bertz CT molecular complexity index is 892. The van der Waals surface area contributed by atoms with Crippen molar-refractivity contribution in [1.29, 1.82) is 0 Å². The quantitative estimate of drug-likeness (QED) is 0.451. The molecule has 1 heterocycles. The number of benzene rings is 1. The maximum absolute atomic E-state index is 13.1. The van der Waals surface area contributed by atoms with Crippen LogP contribution < -0.4 is 5.48 Å². The lowest BCUT2D eigenvalue weighted by Crippen LogP contribution is -2.60. The minimum absolute atomic E-state index is 0.152. The van der Waals surface area contributed by atoms with E-state index >= 15 is 0 Å². The standard InChI is InChI=1S/C15H22N2O7S2/c1-10-4-6-12(7-5-10)26(23,24)17-8-11(18)9-25(21,22)15(2,3)13(17)14(19)16-20/h4-7,11,13,18,20H,8-9H2,1-3H3,(H,16,19)/t11-,13+/m1/s1. The molecule has 0 bridgehead atoms. The van der Waals surface area contributed by atoms with Gasteiger partial charge in [0.05, 0.1) is 21.5 Å². The van der Waals surface area contributed by atoms with Gasteiger partial charge in [-0.2, -0.15) is 4.31 Å². The van der Waals surface area contributed by atoms with Crippen molar-refractivity contribution in [3.05, 3.63) is 29.8 Å². The molecule has 146 valence electrons. The molecule has 0 aromatic heterocycles. The van der Waals surface area contributed by atoms with E-state index in [4.69, 9.17) is 5.21 Å². The highest BCUT2D eigenvalue weighted by Gasteiger charge is 2.55. The number of β-amino-alcohol motifs (C(OH)–C–C–N with tert-alkyl or cyclic N) is 1. The van der Waals surface area contributed by atoms with Crippen molar-refractivity contribution in [2.45, 2.75) is 42.6 Å². The molecular formula is C15H22N2O7S2. The second-order valence-electron chi connectivity index (χ2n) is 6.81. The molecule has 0 aliphatic carbocycles. The third-order valence-electron chi connectivity index (χ3n) is 4.54. The molecule has 3 N–H and O–H groups in total. The number of amides is 1. The maximum Gasteiger partial charge on any atom is 0.263 e. The summed E-state index contributed by atoms with van der Waals surface area (Å²) in [5.74, 6) is -1.89. The molecule has 1 saturated heterocycles. The summed E-state index contributed by atoms with van der Waals surface area (Å²) < 4.78 is 50.1. The average Bonchev–Trinajstić information content (AvgIpc) is 2.59. The summed E-state index contributed by atoms with van der Waals surface area (Å²) in [5, 5.41) is 19.1. The normalized spacial score (nSPS) is 26.0. The highest BCUT2D eigenvalue weighted by molar-refractivity contribution is 7.93. The number of hydroxylamine groups is 1. The number of carbonyl (C=O) groups is 1. The Balaban J connectivity index is 2.69. The Labute approximate surface area is 152 Å². The summed E-state index contributed by atoms with van der Waals surface area (Å²) in [7, 11) is -8.38. The molecule has 1 aromatic carbocycles. The first-order chi connectivity index (χ1) is 11.8. The summed E-state index contributed by atoms with van der Waals surface area (Å²) in [5.41, 5.74) is 2.15. The van der Waals surface area contributed by atoms with E-state index in [0.717, 1.165) is 5.56 Å². The molecule has 11 heteroatoms. The molecule has 2 rings (SSSR count). The number of nitrogens with one attached hydrogen (secondary N) is 1. The van der Waals surface area contributed by atoms with Gasteiger partial charge in [-0.1, -0.05) is 17.7 Å². The first-order valence-electron chi connectivity index (χ1n) is 7.77. The topological polar surface area (TPSA) is 141 Å². The summed E-state index contributed by atoms with van der Waals surface area (Å²) >= 11 is 0. The summed E-state index contributed by atoms with van der Waals surface area (Å²) in [6.45, 7) is 3.55. The van der Waals surface area contributed by atoms with E-state index in [2.05, 4.69) is 0 Å². The second kappa shape index (κ2) is 6.89. The van der Waals surface area contributed by atoms with Gasteiger partial charge in [0.1, 0.15) is 6.04 Å². The van der Waals surface area contributed by atoms with E-state index in [1.54, 1.807) is 19.1 Å². The minimum atomic E-state index is -4.32. The molecule has 1 fully saturated rings. The van der Waals surface area contributed by atoms with Crippen LogP contribution in [-0.4, -0.2) is 66.6 Å². The Kier molecular flexibility index (Phi) is 5.51. The van der Waals surface area contributed by atoms with Gasteiger partial charge >= 0.3 is 0 Å². The number of sulfonamides is 1. The molecular weight excluding hydrogens is 384 g/mol. The Hall–Kier alpha value is -1.53. The van der Waals surface area contributed by atoms with Gasteiger partial charge in [-0.25, -0.2) is 22.3 Å². The smallest absolute Gasteiger partial charge is 0.263 e. The molecule has 0 unspecified atom stereocenters. The molecule has 26 heavy (non-hydrogen) atoms. The first-order valence-corrected chi connectivity index (χ1v) is 10.9. The van der Waals surface area contributed by atoms with Gasteiger partial charge < -0.3 is 5.11 Å². The highest BCUT2D eigenvalue weighted by atomic mass is 32.2. The molecule has 1 amide bonds. The molecule has 0 spiro atoms. The van der Waals surface area contributed by atoms with Crippen LogP contribution in [0.25, 0.3) is 0 Å². The maximum atomic E-state index is 13.1. The fraction of sp³-hybridized carbons (Fsp3) is 0.533. The van der Waals surface area contributed by atoms with E-state index in [1.165, 1.54) is 31.5 Å². The Morgan fingerprint density at radius 3 is 2.31 bits per heavy atom. The minimum Gasteiger partial charge on any atom is -0.391 e. The van der Waals surface area contributed by atoms with E-state index in [9.17, 15) is 26.7 Å². The fourth-order valence-electron chi connectivity index (χ4n) is 2.94. The van der Waals surface area contributed by atoms with Gasteiger partial charge in [0, 0.05) is 6.54 Å². The van der Waals surface area contributed by atoms with Crippen molar-refractivity contribution in [1.82, 2.24) is 9.79 Å². The molecule has 1 aliphatic heterocycles. The van der Waals surface area contributed by atoms with Gasteiger partial charge in [0.25, 0.3) is 5.91 Å². The van der Waals surface area contributed by atoms with Gasteiger partial charge in [-0.05, 0) is 32.9 Å². The summed E-state index contributed by atoms with van der Waals surface area (Å²) in [4.78, 5) is 12.1. The SMILES string of the molecule is Cc1ccc(S(=O)(=O)N2C[C@@H](O)CS(=O)(=O)C(C)(C)[C@@H]2C(=O)NO)cc1. The number of hydrogen-bond donors (Lipinski definition) is 3. The van der Waals surface area contributed by atoms with E-state index in [0.29, 0.717) is 4.31 Å². The van der Waals surface area contributed by atoms with Crippen LogP contribution in [0.15, 0.2) is 29.2 Å². The van der Waals surface area contributed by atoms with Crippen molar-refractivity contribution in [2.24, 2.45) is 0 Å². The van der Waals surface area contributed by atoms with Gasteiger partial charge in [-0.3, -0.25) is 10.0 Å². The number of carbonyl (C=O) groups excluding carboxylic acids is 1. The predicted octanol–water partition coefficient (Wildman–Crippen LogP) is -0.572. The summed E-state index contributed by atoms with van der Waals surface area (Å²) in [6, 6.07) is 4.02. The second-order valence-corrected chi connectivity index (χ2v) is 11.3. The predicted molar refractivity (Wildman–Crippen MR) is 92.7 cm³/mol. The van der Waals surface area contributed by atoms with Gasteiger partial charge in [-0.15, -0.1) is 0 Å². The van der Waals surface area contributed by atoms with Crippen molar-refractivity contribution >= 4 is 25.8 Å². The van der Waals surface area contributed by atoms with Crippen LogP contribution in [0.5, 0.6) is 0 Å². The van der Waals surface area contributed by atoms with Crippen LogP contribution in [-0.2, 0) is 24.7 Å². The molecule has 0 radical (unpaired) electrons. The lowest BCUT2D eigenvalue weighted by Gasteiger charge is -2.36. The number of hydrogen-bond acceptors (Lipinski definition) is 7. The summed E-state index contributed by atoms with van der Waals surface area (Å²) in [6.07, 6.45) is -1.52. The van der Waals surface area contributed by atoms with Crippen LogP contribution >= 0.6 is 0 Å². The van der Waals surface area contributed by atoms with Crippen LogP contribution in [0, 0.1) is 6.92 Å². The highest BCUT2D eigenvalue weighted by Crippen LogP contribution is 2.33. The average molecular weight is 406 g/mol. The van der Waals surface area contributed by atoms with Crippen LogP contribution in [0.1, 0.15) is 19.4 Å². The Morgan fingerprint density at radius 2 is 1.81 bits per heavy atom. The number of aliphatic hydroxyl groups excluding tert-OH is 1. The Morgan fingerprint density at radius 1 is 1.27 bits per heavy atom. The molecule has 2 atom stereocenters. The third-order valence-corrected chi connectivity index (χ3v) is 9.03. The zero-order valence-corrected chi connectivity index (χ0v) is 16.2. The lowest BCUT2D eigenvalue weighted by atomic mass is 10.0. The molecule has 1 aliphatic rings. The van der Waals surface area contributed by atoms with E-state index in [1.807, 2.05) is 0 Å². The fourth-order valence-corrected chi connectivity index (χ4v) is 6.38. The zero-order valence-electron chi connectivity index (χ0n) is 14.6. The van der Waals surface area contributed by atoms with Crippen molar-refractivity contribution in [3.8, 4) is 0 Å². The molecule has 1 aromatic rings. The number of aliphatic hydroxyl groups is 1. The number of nitrogens with zero attached hydrogens (tertiary/aromatic N) is 1. The number of aryl methyl sites for hydroxylation is 1. The van der Waals surface area contributed by atoms with Crippen LogP contribution in [0.4, 0.5) is 0 Å². The van der Waals surface area contributed by atoms with Crippen LogP contribution in [0.2, 0.25) is 0 Å². The number of sulfone groups is 1. The first kappa shape index (κ1) is 20.8. The van der Waals surface area contributed by atoms with E-state index in [-0.39, 0.29) is 4.90 Å². The van der Waals surface area contributed by atoms with Gasteiger partial charge in [0.2, 0.25) is 10.0 Å². The van der Waals surface area contributed by atoms with Gasteiger partial charge in [0.15, 0.2) is 9.84 Å².